The molecule has 0 fully saturated rings. The van der Waals surface area contributed by atoms with Gasteiger partial charge in [-0.05, 0) is 32.1 Å². The van der Waals surface area contributed by atoms with E-state index >= 15 is 0 Å². The number of primary amides is 1. The molecule has 0 aliphatic carbocycles. The van der Waals surface area contributed by atoms with Crippen LogP contribution in [0.15, 0.2) is 12.7 Å². The van der Waals surface area contributed by atoms with E-state index in [1.165, 1.54) is 0 Å². The molecule has 0 aromatic carbocycles. The molecule has 0 radical (unpaired) electrons. The molecule has 0 aromatic rings. The molecule has 0 saturated carbocycles. The molecule has 13 heavy (non-hydrogen) atoms. The fourth-order valence-corrected chi connectivity index (χ4v) is 0.605. The summed E-state index contributed by atoms with van der Waals surface area (Å²) in [7, 11) is 0. The molecule has 0 spiro atoms. The summed E-state index contributed by atoms with van der Waals surface area (Å²) in [6.45, 7) is 6.90. The second-order valence-corrected chi connectivity index (χ2v) is 3.12. The van der Waals surface area contributed by atoms with Crippen LogP contribution < -0.4 is 5.73 Å². The maximum atomic E-state index is 9.47. The maximum absolute atomic E-state index is 9.47. The quantitative estimate of drug-likeness (QED) is 0.317. The van der Waals surface area contributed by atoms with Gasteiger partial charge in [0.2, 0.25) is 10.3 Å². The van der Waals surface area contributed by atoms with Crippen LogP contribution in [0, 0.1) is 0 Å². The van der Waals surface area contributed by atoms with Crippen LogP contribution in [0.1, 0.15) is 13.8 Å². The summed E-state index contributed by atoms with van der Waals surface area (Å²) < 4.78 is 5.16. The van der Waals surface area contributed by atoms with Crippen molar-refractivity contribution in [2.75, 3.05) is 0 Å². The van der Waals surface area contributed by atoms with Crippen LogP contribution in [0.5, 0.6) is 0 Å². The molecule has 0 aliphatic rings. The fraction of sp³-hybridized carbons (Fsp3) is 0.429. The van der Waals surface area contributed by atoms with Crippen LogP contribution in [0.4, 0.5) is 0 Å². The first kappa shape index (κ1) is 19.1. The van der Waals surface area contributed by atoms with E-state index in [0.29, 0.717) is 4.38 Å². The zero-order valence-electron chi connectivity index (χ0n) is 7.11. The fourth-order valence-electron chi connectivity index (χ4n) is 0.202. The van der Waals surface area contributed by atoms with Crippen LogP contribution in [0.3, 0.4) is 0 Å². The van der Waals surface area contributed by atoms with Crippen molar-refractivity contribution < 1.29 is 9.53 Å². The van der Waals surface area contributed by atoms with E-state index in [2.05, 4.69) is 37.2 Å². The third-order valence-corrected chi connectivity index (χ3v) is 0.739. The normalized spacial score (nSPS) is 7.38. The number of ether oxygens (including phenoxy) is 1. The number of rotatable bonds is 2. The Bertz CT molecular complexity index is 174. The van der Waals surface area contributed by atoms with Gasteiger partial charge in [0.15, 0.2) is 0 Å². The summed E-state index contributed by atoms with van der Waals surface area (Å²) in [4.78, 5) is 9.47. The molecule has 0 aliphatic heterocycles. The van der Waals surface area contributed by atoms with Crippen LogP contribution in [0.25, 0.3) is 0 Å². The molecule has 0 unspecified atom stereocenters. The van der Waals surface area contributed by atoms with E-state index in [1.807, 2.05) is 13.8 Å². The summed E-state index contributed by atoms with van der Waals surface area (Å²) in [6, 6.07) is 0. The number of amides is 1. The van der Waals surface area contributed by atoms with E-state index < -0.39 is 5.91 Å². The van der Waals surface area contributed by atoms with Gasteiger partial charge in [0.1, 0.15) is 0 Å². The van der Waals surface area contributed by atoms with Crippen molar-refractivity contribution in [2.24, 2.45) is 5.73 Å². The predicted octanol–water partition coefficient (Wildman–Crippen LogP) is 0.635. The number of hydrogen-bond donors (Lipinski definition) is 2. The third kappa shape index (κ3) is 32.7. The van der Waals surface area contributed by atoms with Crippen molar-refractivity contribution in [3.05, 3.63) is 12.7 Å². The number of thiol groups is 1. The third-order valence-electron chi connectivity index (χ3n) is 0.538. The first-order chi connectivity index (χ1) is 5.40. The number of hydrogen-bond acceptors (Lipinski definition) is 3. The Morgan fingerprint density at radius 1 is 1.69 bits per heavy atom. The summed E-state index contributed by atoms with van der Waals surface area (Å²) in [6.07, 6.45) is 1.21. The topological polar surface area (TPSA) is 52.3 Å². The number of thiocarbonyl (C=S) groups is 1. The molecule has 0 heterocycles. The molecule has 0 rings (SSSR count). The van der Waals surface area contributed by atoms with Crippen molar-refractivity contribution in [3.8, 4) is 0 Å². The molecule has 3 nitrogen and oxygen atoms in total. The Morgan fingerprint density at radius 3 is 2.00 bits per heavy atom. The number of nitrogens with two attached hydrogens (primary N) is 1. The second kappa shape index (κ2) is 12.4. The van der Waals surface area contributed by atoms with Crippen LogP contribution in [0.2, 0.25) is 0 Å². The van der Waals surface area contributed by atoms with Gasteiger partial charge in [0.05, 0.1) is 6.10 Å². The molecule has 6 heteroatoms. The van der Waals surface area contributed by atoms with Crippen molar-refractivity contribution in [3.63, 3.8) is 0 Å². The molecule has 0 saturated heterocycles. The van der Waals surface area contributed by atoms with Crippen LogP contribution >= 0.6 is 24.8 Å². The van der Waals surface area contributed by atoms with Gasteiger partial charge in [-0.3, -0.25) is 4.79 Å². The zero-order valence-corrected chi connectivity index (χ0v) is 8.82. The van der Waals surface area contributed by atoms with Gasteiger partial charge in [-0.2, -0.15) is 0 Å². The van der Waals surface area contributed by atoms with Gasteiger partial charge < -0.3 is 10.5 Å². The van der Waals surface area contributed by atoms with Gasteiger partial charge in [-0.1, -0.05) is 19.2 Å². The minimum absolute atomic E-state index is 0. The molecule has 0 atom stereocenters. The van der Waals surface area contributed by atoms with Crippen LogP contribution in [-0.4, -0.2) is 46.0 Å². The van der Waals surface area contributed by atoms with Crippen LogP contribution in [-0.2, 0) is 9.53 Å². The molecule has 72 valence electrons. The van der Waals surface area contributed by atoms with Crippen molar-refractivity contribution in [1.29, 1.82) is 0 Å². The van der Waals surface area contributed by atoms with E-state index in [1.54, 1.807) is 0 Å². The average Bonchev–Trinajstić information content (AvgIpc) is 1.85. The van der Waals surface area contributed by atoms with Gasteiger partial charge in [0, 0.05) is 0 Å². The summed E-state index contributed by atoms with van der Waals surface area (Å²) in [5, 5.41) is 0. The first-order valence-corrected chi connectivity index (χ1v) is 4.07. The number of carbonyl (C=O) groups excluding carboxylic acids is 1. The molecule has 2 N–H and O–H groups in total. The first-order valence-electron chi connectivity index (χ1n) is 3.21. The van der Waals surface area contributed by atoms with Crippen molar-refractivity contribution in [2.45, 2.75) is 20.0 Å². The van der Waals surface area contributed by atoms with Crippen molar-refractivity contribution in [1.82, 2.24) is 0 Å². The Morgan fingerprint density at radius 2 is 2.00 bits per heavy atom. The SMILES string of the molecule is C=CC(N)=O.CC(C)OC(=S)S.[NaH]. The average molecular weight is 231 g/mol. The van der Waals surface area contributed by atoms with E-state index in [4.69, 9.17) is 4.74 Å². The monoisotopic (exact) mass is 231 g/mol. The second-order valence-electron chi connectivity index (χ2n) is 2.04. The van der Waals surface area contributed by atoms with E-state index in [9.17, 15) is 4.79 Å². The Balaban J connectivity index is -0.000000150. The summed E-state index contributed by atoms with van der Waals surface area (Å²) >= 11 is 8.26. The van der Waals surface area contributed by atoms with Crippen molar-refractivity contribution >= 4 is 64.7 Å². The Kier molecular flexibility index (Phi) is 18.3. The van der Waals surface area contributed by atoms with E-state index in [-0.39, 0.29) is 35.7 Å². The van der Waals surface area contributed by atoms with Gasteiger partial charge >= 0.3 is 29.6 Å². The Hall–Kier alpha value is 0.450. The predicted molar refractivity (Wildman–Crippen MR) is 64.3 cm³/mol. The zero-order chi connectivity index (χ0) is 10.1. The Labute approximate surface area is 112 Å². The van der Waals surface area contributed by atoms with Gasteiger partial charge in [-0.25, -0.2) is 0 Å². The summed E-state index contributed by atoms with van der Waals surface area (Å²) in [5.74, 6) is -0.481. The molecular formula is C7H14NNaO2S2. The minimum atomic E-state index is -0.481. The van der Waals surface area contributed by atoms with Gasteiger partial charge in [0.25, 0.3) is 0 Å². The standard InChI is InChI=1S/C4H8OS2.C3H5NO.Na.H/c1-3(2)5-4(6)7;1-2-3(4)5;;/h3H,1-2H3,(H,6,7);2H,1H2,(H2,4,5);;. The molecule has 1 amide bonds. The molecule has 0 aromatic heterocycles. The molecule has 0 bridgehead atoms. The molecular weight excluding hydrogens is 217 g/mol. The van der Waals surface area contributed by atoms with Gasteiger partial charge in [-0.15, -0.1) is 0 Å². The van der Waals surface area contributed by atoms with E-state index in [0.717, 1.165) is 6.08 Å². The summed E-state index contributed by atoms with van der Waals surface area (Å²) in [5.41, 5.74) is 4.53. The number of carbonyl (C=O) groups is 1.